The highest BCUT2D eigenvalue weighted by atomic mass is 35.5. The van der Waals surface area contributed by atoms with E-state index in [9.17, 15) is 9.59 Å². The van der Waals surface area contributed by atoms with E-state index in [1.54, 1.807) is 30.2 Å². The normalized spacial score (nSPS) is 13.3. The van der Waals surface area contributed by atoms with Crippen molar-refractivity contribution in [2.75, 3.05) is 55.4 Å². The van der Waals surface area contributed by atoms with Crippen LogP contribution in [-0.4, -0.2) is 56.7 Å². The summed E-state index contributed by atoms with van der Waals surface area (Å²) >= 11 is 12.3. The number of amides is 3. The predicted molar refractivity (Wildman–Crippen MR) is 149 cm³/mol. The van der Waals surface area contributed by atoms with Crippen LogP contribution in [0, 0.1) is 0 Å². The first kappa shape index (κ1) is 26.6. The van der Waals surface area contributed by atoms with Crippen molar-refractivity contribution in [2.24, 2.45) is 0 Å². The van der Waals surface area contributed by atoms with Gasteiger partial charge in [-0.1, -0.05) is 41.4 Å². The van der Waals surface area contributed by atoms with Crippen LogP contribution in [0.25, 0.3) is 0 Å². The lowest BCUT2D eigenvalue weighted by Crippen LogP contribution is -2.50. The van der Waals surface area contributed by atoms with Crippen molar-refractivity contribution in [3.05, 3.63) is 82.3 Å². The molecule has 3 N–H and O–H groups in total. The number of halogens is 2. The number of nitrogens with zero attached hydrogens (tertiary/aromatic N) is 2. The quantitative estimate of drug-likeness (QED) is 0.370. The van der Waals surface area contributed by atoms with E-state index in [4.69, 9.17) is 27.9 Å². The molecular weight excluding hydrogens is 513 g/mol. The molecule has 0 saturated carbocycles. The van der Waals surface area contributed by atoms with Crippen molar-refractivity contribution in [3.8, 4) is 5.75 Å². The molecule has 3 aromatic carbocycles. The lowest BCUT2D eigenvalue weighted by molar-refractivity contribution is -0.115. The molecule has 1 fully saturated rings. The van der Waals surface area contributed by atoms with Crippen LogP contribution >= 0.6 is 23.2 Å². The molecule has 8 nitrogen and oxygen atoms in total. The Labute approximate surface area is 226 Å². The molecule has 0 atom stereocenters. The standard InChI is InChI=1S/C27H29Cl2N5O3/c1-37-22-11-5-19(6-12-22)17-30-18-25(35)31-20-7-9-21(10-8-20)33-13-15-34(16-14-33)27(36)32-26-23(28)3-2-4-24(26)29/h2-12,30H,13-18H2,1H3,(H,31,35)(H,32,36). The summed E-state index contributed by atoms with van der Waals surface area (Å²) in [5.41, 5.74) is 3.26. The molecule has 0 aliphatic carbocycles. The Morgan fingerprint density at radius 2 is 1.51 bits per heavy atom. The number of para-hydroxylation sites is 1. The van der Waals surface area contributed by atoms with Crippen LogP contribution in [0.1, 0.15) is 5.56 Å². The van der Waals surface area contributed by atoms with Crippen LogP contribution < -0.4 is 25.6 Å². The van der Waals surface area contributed by atoms with E-state index in [2.05, 4.69) is 20.9 Å². The summed E-state index contributed by atoms with van der Waals surface area (Å²) in [5, 5.41) is 9.67. The molecule has 3 amide bonds. The van der Waals surface area contributed by atoms with Gasteiger partial charge in [0.15, 0.2) is 0 Å². The van der Waals surface area contributed by atoms with Crippen LogP contribution in [0.15, 0.2) is 66.7 Å². The zero-order chi connectivity index (χ0) is 26.2. The number of urea groups is 1. The van der Waals surface area contributed by atoms with Gasteiger partial charge in [-0.15, -0.1) is 0 Å². The van der Waals surface area contributed by atoms with Crippen LogP contribution in [0.3, 0.4) is 0 Å². The van der Waals surface area contributed by atoms with Crippen molar-refractivity contribution in [3.63, 3.8) is 0 Å². The number of anilines is 3. The Kier molecular flexibility index (Phi) is 9.11. The second-order valence-corrected chi connectivity index (χ2v) is 9.36. The molecule has 0 bridgehead atoms. The fraction of sp³-hybridized carbons (Fsp3) is 0.259. The van der Waals surface area contributed by atoms with Crippen LogP contribution in [0.4, 0.5) is 21.9 Å². The maximum absolute atomic E-state index is 12.7. The van der Waals surface area contributed by atoms with E-state index in [1.807, 2.05) is 48.5 Å². The number of ether oxygens (including phenoxy) is 1. The number of rotatable bonds is 8. The molecule has 10 heteroatoms. The molecule has 37 heavy (non-hydrogen) atoms. The maximum Gasteiger partial charge on any atom is 0.322 e. The van der Waals surface area contributed by atoms with E-state index in [0.717, 1.165) is 22.7 Å². The monoisotopic (exact) mass is 541 g/mol. The maximum atomic E-state index is 12.7. The minimum absolute atomic E-state index is 0.112. The van der Waals surface area contributed by atoms with Gasteiger partial charge in [0.25, 0.3) is 0 Å². The summed E-state index contributed by atoms with van der Waals surface area (Å²) in [7, 11) is 1.63. The second kappa shape index (κ2) is 12.7. The van der Waals surface area contributed by atoms with E-state index >= 15 is 0 Å². The molecule has 3 aromatic rings. The molecule has 4 rings (SSSR count). The first-order valence-electron chi connectivity index (χ1n) is 11.9. The summed E-state index contributed by atoms with van der Waals surface area (Å²) < 4.78 is 5.15. The molecule has 1 aliphatic rings. The summed E-state index contributed by atoms with van der Waals surface area (Å²) in [6.45, 7) is 3.29. The minimum atomic E-state index is -0.228. The molecular formula is C27H29Cl2N5O3. The van der Waals surface area contributed by atoms with Gasteiger partial charge in [-0.2, -0.15) is 0 Å². The highest BCUT2D eigenvalue weighted by Crippen LogP contribution is 2.30. The summed E-state index contributed by atoms with van der Waals surface area (Å²) in [4.78, 5) is 28.9. The third kappa shape index (κ3) is 7.29. The summed E-state index contributed by atoms with van der Waals surface area (Å²) in [6.07, 6.45) is 0. The number of carbonyl (C=O) groups excluding carboxylic acids is 2. The van der Waals surface area contributed by atoms with Gasteiger partial charge in [0, 0.05) is 44.1 Å². The van der Waals surface area contributed by atoms with Gasteiger partial charge in [-0.3, -0.25) is 4.79 Å². The van der Waals surface area contributed by atoms with E-state index in [-0.39, 0.29) is 18.5 Å². The number of hydrogen-bond acceptors (Lipinski definition) is 5. The molecule has 1 aliphatic heterocycles. The fourth-order valence-electron chi connectivity index (χ4n) is 4.00. The topological polar surface area (TPSA) is 85.9 Å². The van der Waals surface area contributed by atoms with Crippen molar-refractivity contribution >= 4 is 52.2 Å². The van der Waals surface area contributed by atoms with Crippen LogP contribution in [-0.2, 0) is 11.3 Å². The predicted octanol–water partition coefficient (Wildman–Crippen LogP) is 5.08. The van der Waals surface area contributed by atoms with Crippen molar-refractivity contribution in [2.45, 2.75) is 6.54 Å². The molecule has 0 aromatic heterocycles. The number of methoxy groups -OCH3 is 1. The number of carbonyl (C=O) groups is 2. The van der Waals surface area contributed by atoms with Crippen LogP contribution in [0.2, 0.25) is 10.0 Å². The van der Waals surface area contributed by atoms with Gasteiger partial charge in [-0.05, 0) is 54.1 Å². The van der Waals surface area contributed by atoms with Crippen molar-refractivity contribution < 1.29 is 14.3 Å². The van der Waals surface area contributed by atoms with Crippen molar-refractivity contribution in [1.29, 1.82) is 0 Å². The van der Waals surface area contributed by atoms with E-state index in [0.29, 0.717) is 48.5 Å². The highest BCUT2D eigenvalue weighted by molar-refractivity contribution is 6.39. The second-order valence-electron chi connectivity index (χ2n) is 8.55. The lowest BCUT2D eigenvalue weighted by Gasteiger charge is -2.36. The van der Waals surface area contributed by atoms with Crippen molar-refractivity contribution in [1.82, 2.24) is 10.2 Å². The largest absolute Gasteiger partial charge is 0.497 e. The highest BCUT2D eigenvalue weighted by Gasteiger charge is 2.22. The average molecular weight is 542 g/mol. The first-order chi connectivity index (χ1) is 17.9. The molecule has 0 radical (unpaired) electrons. The first-order valence-corrected chi connectivity index (χ1v) is 12.7. The molecule has 1 heterocycles. The fourth-order valence-corrected chi connectivity index (χ4v) is 4.49. The smallest absolute Gasteiger partial charge is 0.322 e. The van der Waals surface area contributed by atoms with Gasteiger partial charge in [0.1, 0.15) is 5.75 Å². The Balaban J connectivity index is 1.20. The van der Waals surface area contributed by atoms with Gasteiger partial charge in [0.2, 0.25) is 5.91 Å². The zero-order valence-corrected chi connectivity index (χ0v) is 22.0. The Morgan fingerprint density at radius 3 is 2.14 bits per heavy atom. The van der Waals surface area contributed by atoms with Gasteiger partial charge in [-0.25, -0.2) is 4.79 Å². The van der Waals surface area contributed by atoms with Gasteiger partial charge < -0.3 is 30.5 Å². The molecule has 194 valence electrons. The molecule has 1 saturated heterocycles. The lowest BCUT2D eigenvalue weighted by atomic mass is 10.2. The van der Waals surface area contributed by atoms with Crippen LogP contribution in [0.5, 0.6) is 5.75 Å². The number of hydrogen-bond donors (Lipinski definition) is 3. The van der Waals surface area contributed by atoms with Gasteiger partial charge >= 0.3 is 6.03 Å². The number of benzene rings is 3. The zero-order valence-electron chi connectivity index (χ0n) is 20.5. The molecule has 0 spiro atoms. The Morgan fingerprint density at radius 1 is 0.865 bits per heavy atom. The summed E-state index contributed by atoms with van der Waals surface area (Å²) in [6, 6.07) is 20.3. The Bertz CT molecular complexity index is 1190. The van der Waals surface area contributed by atoms with E-state index < -0.39 is 0 Å². The minimum Gasteiger partial charge on any atom is -0.497 e. The third-order valence-electron chi connectivity index (χ3n) is 6.05. The average Bonchev–Trinajstić information content (AvgIpc) is 2.91. The van der Waals surface area contributed by atoms with E-state index in [1.165, 1.54) is 0 Å². The number of piperazine rings is 1. The SMILES string of the molecule is COc1ccc(CNCC(=O)Nc2ccc(N3CCN(C(=O)Nc4c(Cl)cccc4Cl)CC3)cc2)cc1. The summed E-state index contributed by atoms with van der Waals surface area (Å²) in [5.74, 6) is 0.690. The number of nitrogens with one attached hydrogen (secondary N) is 3. The Hall–Kier alpha value is -3.46. The molecule has 0 unspecified atom stereocenters. The third-order valence-corrected chi connectivity index (χ3v) is 6.68. The van der Waals surface area contributed by atoms with Gasteiger partial charge in [0.05, 0.1) is 29.4 Å².